The van der Waals surface area contributed by atoms with Crippen molar-refractivity contribution in [2.45, 2.75) is 51.2 Å². The lowest BCUT2D eigenvalue weighted by atomic mass is 9.95. The Morgan fingerprint density at radius 1 is 1.29 bits per heavy atom. The smallest absolute Gasteiger partial charge is 0.124 e. The summed E-state index contributed by atoms with van der Waals surface area (Å²) in [6.07, 6.45) is 6.61. The molecule has 1 aromatic carbocycles. The minimum absolute atomic E-state index is 0.419. The van der Waals surface area contributed by atoms with Crippen molar-refractivity contribution in [3.8, 4) is 5.75 Å². The van der Waals surface area contributed by atoms with Gasteiger partial charge in [0.15, 0.2) is 0 Å². The topological polar surface area (TPSA) is 38.5 Å². The summed E-state index contributed by atoms with van der Waals surface area (Å²) in [7, 11) is 2.21. The zero-order chi connectivity index (χ0) is 14.8. The van der Waals surface area contributed by atoms with Crippen LogP contribution in [0.15, 0.2) is 18.2 Å². The number of hydrogen-bond donors (Lipinski definition) is 1. The zero-order valence-corrected chi connectivity index (χ0v) is 13.3. The number of aryl methyl sites for hydroxylation is 1. The summed E-state index contributed by atoms with van der Waals surface area (Å²) < 4.78 is 6.36. The molecule has 1 heterocycles. The van der Waals surface area contributed by atoms with Gasteiger partial charge in [0.25, 0.3) is 0 Å². The number of nitrogens with zero attached hydrogens (tertiary/aromatic N) is 1. The van der Waals surface area contributed by atoms with E-state index in [1.807, 2.05) is 0 Å². The summed E-state index contributed by atoms with van der Waals surface area (Å²) in [4.78, 5) is 2.45. The van der Waals surface area contributed by atoms with Gasteiger partial charge in [0.1, 0.15) is 5.75 Å². The van der Waals surface area contributed by atoms with Gasteiger partial charge in [-0.2, -0.15) is 0 Å². The van der Waals surface area contributed by atoms with E-state index in [1.54, 1.807) is 0 Å². The molecule has 2 aliphatic rings. The summed E-state index contributed by atoms with van der Waals surface area (Å²) in [6.45, 7) is 4.09. The molecule has 2 atom stereocenters. The van der Waals surface area contributed by atoms with Gasteiger partial charge >= 0.3 is 0 Å². The molecule has 0 spiro atoms. The van der Waals surface area contributed by atoms with Crippen molar-refractivity contribution in [1.29, 1.82) is 0 Å². The van der Waals surface area contributed by atoms with Crippen LogP contribution in [0.1, 0.15) is 49.3 Å². The maximum atomic E-state index is 6.36. The quantitative estimate of drug-likeness (QED) is 0.924. The Labute approximate surface area is 128 Å². The second kappa shape index (κ2) is 6.37. The van der Waals surface area contributed by atoms with Crippen LogP contribution in [0.25, 0.3) is 0 Å². The second-order valence-electron chi connectivity index (χ2n) is 6.80. The average molecular weight is 288 g/mol. The van der Waals surface area contributed by atoms with Gasteiger partial charge in [-0.15, -0.1) is 0 Å². The highest BCUT2D eigenvalue weighted by molar-refractivity contribution is 5.42. The lowest BCUT2D eigenvalue weighted by molar-refractivity contribution is 0.201. The first-order valence-electron chi connectivity index (χ1n) is 8.35. The molecule has 1 aliphatic heterocycles. The maximum absolute atomic E-state index is 6.36. The summed E-state index contributed by atoms with van der Waals surface area (Å²) in [6, 6.07) is 6.94. The number of hydrogen-bond acceptors (Lipinski definition) is 3. The van der Waals surface area contributed by atoms with Crippen molar-refractivity contribution in [3.05, 3.63) is 29.3 Å². The van der Waals surface area contributed by atoms with Gasteiger partial charge in [-0.25, -0.2) is 0 Å². The third-order valence-corrected chi connectivity index (χ3v) is 5.18. The van der Waals surface area contributed by atoms with Crippen LogP contribution in [-0.4, -0.2) is 31.1 Å². The van der Waals surface area contributed by atoms with Gasteiger partial charge in [0.2, 0.25) is 0 Å². The van der Waals surface area contributed by atoms with Gasteiger partial charge < -0.3 is 10.5 Å². The molecule has 0 radical (unpaired) electrons. The number of nitrogens with two attached hydrogens (primary N) is 1. The molecule has 0 bridgehead atoms. The van der Waals surface area contributed by atoms with Gasteiger partial charge in [0.05, 0.1) is 6.10 Å². The van der Waals surface area contributed by atoms with E-state index in [4.69, 9.17) is 10.5 Å². The third-order valence-electron chi connectivity index (χ3n) is 5.18. The Morgan fingerprint density at radius 3 is 2.71 bits per heavy atom. The van der Waals surface area contributed by atoms with E-state index >= 15 is 0 Å². The van der Waals surface area contributed by atoms with Crippen LogP contribution >= 0.6 is 0 Å². The van der Waals surface area contributed by atoms with Crippen molar-refractivity contribution >= 4 is 0 Å². The minimum atomic E-state index is 0.419. The molecular weight excluding hydrogens is 260 g/mol. The number of ether oxygens (including phenoxy) is 1. The Balaban J connectivity index is 1.86. The molecule has 2 unspecified atom stereocenters. The summed E-state index contributed by atoms with van der Waals surface area (Å²) in [5.41, 5.74) is 8.63. The van der Waals surface area contributed by atoms with Gasteiger partial charge in [0, 0.05) is 18.2 Å². The largest absolute Gasteiger partial charge is 0.490 e. The first kappa shape index (κ1) is 14.9. The van der Waals surface area contributed by atoms with Crippen molar-refractivity contribution in [3.63, 3.8) is 0 Å². The molecule has 0 aromatic heterocycles. The van der Waals surface area contributed by atoms with Crippen LogP contribution < -0.4 is 10.5 Å². The van der Waals surface area contributed by atoms with Crippen LogP contribution in [0, 0.1) is 12.8 Å². The molecule has 3 rings (SSSR count). The molecule has 2 fully saturated rings. The predicted molar refractivity (Wildman–Crippen MR) is 86.6 cm³/mol. The van der Waals surface area contributed by atoms with E-state index in [0.717, 1.165) is 25.3 Å². The number of benzene rings is 1. The van der Waals surface area contributed by atoms with Crippen molar-refractivity contribution < 1.29 is 4.74 Å². The molecular formula is C18H28N2O. The van der Waals surface area contributed by atoms with E-state index in [2.05, 4.69) is 37.1 Å². The molecule has 1 saturated heterocycles. The molecule has 3 heteroatoms. The molecule has 1 aromatic rings. The molecule has 21 heavy (non-hydrogen) atoms. The second-order valence-corrected chi connectivity index (χ2v) is 6.80. The first-order chi connectivity index (χ1) is 10.2. The van der Waals surface area contributed by atoms with Gasteiger partial charge in [-0.05, 0) is 70.2 Å². The van der Waals surface area contributed by atoms with E-state index in [0.29, 0.717) is 18.1 Å². The molecule has 0 amide bonds. The van der Waals surface area contributed by atoms with Crippen LogP contribution in [-0.2, 0) is 0 Å². The van der Waals surface area contributed by atoms with Crippen molar-refractivity contribution in [2.24, 2.45) is 11.7 Å². The lowest BCUT2D eigenvalue weighted by Crippen LogP contribution is -2.22. The lowest BCUT2D eigenvalue weighted by Gasteiger charge is -2.26. The molecule has 1 aliphatic carbocycles. The monoisotopic (exact) mass is 288 g/mol. The fourth-order valence-corrected chi connectivity index (χ4v) is 3.98. The minimum Gasteiger partial charge on any atom is -0.490 e. The summed E-state index contributed by atoms with van der Waals surface area (Å²) in [5.74, 6) is 1.72. The van der Waals surface area contributed by atoms with E-state index in [1.165, 1.54) is 36.8 Å². The van der Waals surface area contributed by atoms with Gasteiger partial charge in [-0.1, -0.05) is 12.1 Å². The highest BCUT2D eigenvalue weighted by Crippen LogP contribution is 2.41. The first-order valence-corrected chi connectivity index (χ1v) is 8.35. The van der Waals surface area contributed by atoms with E-state index in [9.17, 15) is 0 Å². The average Bonchev–Trinajstić information content (AvgIpc) is 3.09. The molecule has 116 valence electrons. The van der Waals surface area contributed by atoms with Crippen molar-refractivity contribution in [1.82, 2.24) is 4.90 Å². The van der Waals surface area contributed by atoms with E-state index < -0.39 is 0 Å². The Morgan fingerprint density at radius 2 is 2.05 bits per heavy atom. The third kappa shape index (κ3) is 3.09. The van der Waals surface area contributed by atoms with Crippen LogP contribution in [0.2, 0.25) is 0 Å². The number of likely N-dealkylation sites (tertiary alicyclic amines) is 1. The van der Waals surface area contributed by atoms with Gasteiger partial charge in [-0.3, -0.25) is 4.90 Å². The molecule has 2 N–H and O–H groups in total. The Hall–Kier alpha value is -1.06. The molecule has 3 nitrogen and oxygen atoms in total. The van der Waals surface area contributed by atoms with Crippen LogP contribution in [0.5, 0.6) is 5.75 Å². The SMILES string of the molecule is Cc1cccc(OC2CCCC2)c1C1CC(CN)CN1C. The fourth-order valence-electron chi connectivity index (χ4n) is 3.98. The standard InChI is InChI=1S/C18H28N2O/c1-13-6-5-9-17(21-15-7-3-4-8-15)18(13)16-10-14(11-19)12-20(16)2/h5-6,9,14-16H,3-4,7-8,10-12,19H2,1-2H3. The Kier molecular flexibility index (Phi) is 4.51. The fraction of sp³-hybridized carbons (Fsp3) is 0.667. The zero-order valence-electron chi connectivity index (χ0n) is 13.3. The molecule has 1 saturated carbocycles. The normalized spacial score (nSPS) is 27.4. The summed E-state index contributed by atoms with van der Waals surface area (Å²) >= 11 is 0. The van der Waals surface area contributed by atoms with Crippen molar-refractivity contribution in [2.75, 3.05) is 20.1 Å². The summed E-state index contributed by atoms with van der Waals surface area (Å²) in [5, 5.41) is 0. The van der Waals surface area contributed by atoms with Crippen LogP contribution in [0.4, 0.5) is 0 Å². The highest BCUT2D eigenvalue weighted by Gasteiger charge is 2.33. The number of rotatable bonds is 4. The predicted octanol–water partition coefficient (Wildman–Crippen LogP) is 3.27. The highest BCUT2D eigenvalue weighted by atomic mass is 16.5. The maximum Gasteiger partial charge on any atom is 0.124 e. The van der Waals surface area contributed by atoms with E-state index in [-0.39, 0.29) is 0 Å². The Bertz CT molecular complexity index is 482. The van der Waals surface area contributed by atoms with Crippen LogP contribution in [0.3, 0.4) is 0 Å².